The van der Waals surface area contributed by atoms with Gasteiger partial charge in [-0.3, -0.25) is 14.6 Å². The van der Waals surface area contributed by atoms with Gasteiger partial charge in [-0.1, -0.05) is 35.3 Å². The fraction of sp³-hybridized carbons (Fsp3) is 0.136. The molecule has 154 valence electrons. The molecule has 2 aromatic carbocycles. The molecular formula is C22H19Cl2N3O3. The highest BCUT2D eigenvalue weighted by Crippen LogP contribution is 2.26. The normalized spacial score (nSPS) is 10.3. The smallest absolute Gasteiger partial charge is 0.251 e. The van der Waals surface area contributed by atoms with Gasteiger partial charge < -0.3 is 15.4 Å². The van der Waals surface area contributed by atoms with Crippen molar-refractivity contribution in [2.75, 3.05) is 11.9 Å². The van der Waals surface area contributed by atoms with Crippen LogP contribution in [0.15, 0.2) is 66.9 Å². The van der Waals surface area contributed by atoms with Gasteiger partial charge in [0.05, 0.1) is 35.3 Å². The third kappa shape index (κ3) is 6.47. The van der Waals surface area contributed by atoms with Gasteiger partial charge in [-0.2, -0.15) is 0 Å². The summed E-state index contributed by atoms with van der Waals surface area (Å²) in [6, 6.07) is 17.1. The first-order chi connectivity index (χ1) is 14.5. The molecule has 0 atom stereocenters. The van der Waals surface area contributed by atoms with Gasteiger partial charge in [-0.25, -0.2) is 0 Å². The number of nitrogens with one attached hydrogen (secondary N) is 2. The number of carbonyl (C=O) groups excluding carboxylic acids is 2. The minimum Gasteiger partial charge on any atom is -0.493 e. The van der Waals surface area contributed by atoms with Crippen molar-refractivity contribution in [3.63, 3.8) is 0 Å². The molecule has 0 spiro atoms. The molecule has 0 aliphatic carbocycles. The van der Waals surface area contributed by atoms with Crippen molar-refractivity contribution in [2.24, 2.45) is 0 Å². The molecule has 2 N–H and O–H groups in total. The first-order valence-electron chi connectivity index (χ1n) is 9.17. The second-order valence-corrected chi connectivity index (χ2v) is 7.12. The molecule has 8 heteroatoms. The third-order valence-electron chi connectivity index (χ3n) is 4.05. The maximum atomic E-state index is 12.3. The van der Waals surface area contributed by atoms with Crippen LogP contribution in [0.1, 0.15) is 22.5 Å². The molecule has 1 heterocycles. The molecule has 0 saturated carbocycles. The Morgan fingerprint density at radius 3 is 2.60 bits per heavy atom. The summed E-state index contributed by atoms with van der Waals surface area (Å²) in [4.78, 5) is 28.7. The van der Waals surface area contributed by atoms with Crippen LogP contribution in [0.3, 0.4) is 0 Å². The van der Waals surface area contributed by atoms with E-state index in [1.165, 1.54) is 0 Å². The molecule has 30 heavy (non-hydrogen) atoms. The summed E-state index contributed by atoms with van der Waals surface area (Å²) in [6.07, 6.45) is 1.80. The zero-order chi connectivity index (χ0) is 21.3. The predicted octanol–water partition coefficient (Wildman–Crippen LogP) is 4.73. The number of amides is 2. The van der Waals surface area contributed by atoms with E-state index in [2.05, 4.69) is 15.6 Å². The van der Waals surface area contributed by atoms with E-state index in [0.29, 0.717) is 33.6 Å². The van der Waals surface area contributed by atoms with Crippen LogP contribution in [-0.4, -0.2) is 23.4 Å². The van der Waals surface area contributed by atoms with Crippen LogP contribution in [0.5, 0.6) is 5.75 Å². The molecule has 1 aromatic heterocycles. The Bertz CT molecular complexity index is 1030. The highest BCUT2D eigenvalue weighted by molar-refractivity contribution is 6.42. The van der Waals surface area contributed by atoms with E-state index < -0.39 is 0 Å². The summed E-state index contributed by atoms with van der Waals surface area (Å²) in [5.41, 5.74) is 1.73. The van der Waals surface area contributed by atoms with Gasteiger partial charge in [0.1, 0.15) is 5.75 Å². The molecule has 3 rings (SSSR count). The number of hydrogen-bond donors (Lipinski definition) is 2. The van der Waals surface area contributed by atoms with Crippen molar-refractivity contribution < 1.29 is 14.3 Å². The van der Waals surface area contributed by atoms with E-state index in [-0.39, 0.29) is 24.8 Å². The zero-order valence-corrected chi connectivity index (χ0v) is 17.4. The number of anilines is 1. The van der Waals surface area contributed by atoms with Crippen LogP contribution in [0, 0.1) is 0 Å². The van der Waals surface area contributed by atoms with Gasteiger partial charge >= 0.3 is 0 Å². The van der Waals surface area contributed by atoms with Gasteiger partial charge in [0.25, 0.3) is 5.91 Å². The molecule has 6 nitrogen and oxygen atoms in total. The van der Waals surface area contributed by atoms with E-state index in [4.69, 9.17) is 27.9 Å². The lowest BCUT2D eigenvalue weighted by molar-refractivity contribution is -0.116. The first kappa shape index (κ1) is 21.6. The van der Waals surface area contributed by atoms with Crippen LogP contribution < -0.4 is 15.4 Å². The van der Waals surface area contributed by atoms with Crippen molar-refractivity contribution in [3.05, 3.63) is 88.2 Å². The third-order valence-corrected chi connectivity index (χ3v) is 4.79. The number of nitrogens with zero attached hydrogens (tertiary/aromatic N) is 1. The zero-order valence-electron chi connectivity index (χ0n) is 15.9. The van der Waals surface area contributed by atoms with Crippen LogP contribution in [-0.2, 0) is 11.3 Å². The second-order valence-electron chi connectivity index (χ2n) is 6.31. The summed E-state index contributed by atoms with van der Waals surface area (Å²) >= 11 is 11.8. The number of hydrogen-bond acceptors (Lipinski definition) is 4. The highest BCUT2D eigenvalue weighted by Gasteiger charge is 2.09. The minimum atomic E-state index is -0.250. The maximum Gasteiger partial charge on any atom is 0.251 e. The largest absolute Gasteiger partial charge is 0.493 e. The summed E-state index contributed by atoms with van der Waals surface area (Å²) in [5, 5.41) is 6.38. The minimum absolute atomic E-state index is 0.135. The number of benzene rings is 2. The molecule has 0 aliphatic heterocycles. The summed E-state index contributed by atoms with van der Waals surface area (Å²) in [5.74, 6) is 0.0459. The molecule has 0 radical (unpaired) electrons. The number of aromatic nitrogens is 1. The van der Waals surface area contributed by atoms with E-state index in [1.807, 2.05) is 18.2 Å². The van der Waals surface area contributed by atoms with Crippen LogP contribution in [0.2, 0.25) is 10.0 Å². The Morgan fingerprint density at radius 2 is 1.83 bits per heavy atom. The van der Waals surface area contributed by atoms with Gasteiger partial charge in [-0.05, 0) is 42.5 Å². The van der Waals surface area contributed by atoms with Gasteiger partial charge in [0.2, 0.25) is 5.91 Å². The molecule has 0 saturated heterocycles. The lowest BCUT2D eigenvalue weighted by Gasteiger charge is -2.09. The van der Waals surface area contributed by atoms with E-state index in [9.17, 15) is 9.59 Å². The summed E-state index contributed by atoms with van der Waals surface area (Å²) < 4.78 is 5.51. The molecule has 0 bridgehead atoms. The number of carbonyl (C=O) groups is 2. The van der Waals surface area contributed by atoms with Gasteiger partial charge in [-0.15, -0.1) is 0 Å². The van der Waals surface area contributed by atoms with Crippen molar-refractivity contribution in [1.82, 2.24) is 10.3 Å². The van der Waals surface area contributed by atoms with Crippen molar-refractivity contribution in [3.8, 4) is 5.75 Å². The van der Waals surface area contributed by atoms with Crippen molar-refractivity contribution in [1.29, 1.82) is 0 Å². The number of ether oxygens (including phenoxy) is 1. The Hall–Kier alpha value is -3.09. The Morgan fingerprint density at radius 1 is 0.967 bits per heavy atom. The van der Waals surface area contributed by atoms with Crippen LogP contribution in [0.4, 0.5) is 5.69 Å². The topological polar surface area (TPSA) is 80.3 Å². The molecule has 2 amide bonds. The Labute approximate surface area is 184 Å². The monoisotopic (exact) mass is 443 g/mol. The van der Waals surface area contributed by atoms with Gasteiger partial charge in [0.15, 0.2) is 0 Å². The predicted molar refractivity (Wildman–Crippen MR) is 117 cm³/mol. The Kier molecular flexibility index (Phi) is 7.65. The molecule has 0 aliphatic rings. The molecular weight excluding hydrogens is 425 g/mol. The lowest BCUT2D eigenvalue weighted by atomic mass is 10.2. The average Bonchev–Trinajstić information content (AvgIpc) is 2.75. The molecule has 3 aromatic rings. The fourth-order valence-corrected chi connectivity index (χ4v) is 2.85. The van der Waals surface area contributed by atoms with Crippen LogP contribution >= 0.6 is 23.2 Å². The Balaban J connectivity index is 1.48. The van der Waals surface area contributed by atoms with Crippen LogP contribution in [0.25, 0.3) is 0 Å². The highest BCUT2D eigenvalue weighted by atomic mass is 35.5. The number of halogens is 2. The maximum absolute atomic E-state index is 12.3. The standard InChI is InChI=1S/C22H19Cl2N3O3/c23-19-8-7-18(13-20(19)24)30-11-9-21(28)27-16-6-3-4-15(12-16)22(29)26-14-17-5-1-2-10-25-17/h1-8,10,12-13H,9,11,14H2,(H,26,29)(H,27,28). The first-order valence-corrected chi connectivity index (χ1v) is 9.93. The van der Waals surface area contributed by atoms with E-state index in [1.54, 1.807) is 48.7 Å². The summed E-state index contributed by atoms with van der Waals surface area (Å²) in [7, 11) is 0. The van der Waals surface area contributed by atoms with E-state index >= 15 is 0 Å². The second kappa shape index (κ2) is 10.6. The quantitative estimate of drug-likeness (QED) is 0.527. The van der Waals surface area contributed by atoms with Gasteiger partial charge in [0, 0.05) is 23.5 Å². The SMILES string of the molecule is O=C(CCOc1ccc(Cl)c(Cl)c1)Nc1cccc(C(=O)NCc2ccccn2)c1. The lowest BCUT2D eigenvalue weighted by Crippen LogP contribution is -2.23. The molecule has 0 fully saturated rings. The van der Waals surface area contributed by atoms with Crippen molar-refractivity contribution in [2.45, 2.75) is 13.0 Å². The fourth-order valence-electron chi connectivity index (χ4n) is 2.57. The van der Waals surface area contributed by atoms with E-state index in [0.717, 1.165) is 5.69 Å². The number of rotatable bonds is 8. The van der Waals surface area contributed by atoms with Crippen molar-refractivity contribution >= 4 is 40.7 Å². The summed E-state index contributed by atoms with van der Waals surface area (Å²) in [6.45, 7) is 0.496. The number of pyridine rings is 1. The molecule has 0 unspecified atom stereocenters. The average molecular weight is 444 g/mol.